The summed E-state index contributed by atoms with van der Waals surface area (Å²) in [7, 11) is 1.67. The molecule has 20 heavy (non-hydrogen) atoms. The van der Waals surface area contributed by atoms with E-state index in [1.165, 1.54) is 0 Å². The molecule has 1 aromatic rings. The highest BCUT2D eigenvalue weighted by Gasteiger charge is 2.31. The van der Waals surface area contributed by atoms with Crippen molar-refractivity contribution < 1.29 is 9.47 Å². The molecule has 0 bridgehead atoms. The van der Waals surface area contributed by atoms with E-state index < -0.39 is 0 Å². The Morgan fingerprint density at radius 2 is 2.15 bits per heavy atom. The maximum atomic E-state index is 6.21. The van der Waals surface area contributed by atoms with Crippen molar-refractivity contribution in [2.45, 2.75) is 39.2 Å². The molecule has 112 valence electrons. The Kier molecular flexibility index (Phi) is 5.07. The van der Waals surface area contributed by atoms with Crippen molar-refractivity contribution in [1.82, 2.24) is 9.97 Å². The van der Waals surface area contributed by atoms with Crippen molar-refractivity contribution in [2.24, 2.45) is 11.1 Å². The van der Waals surface area contributed by atoms with Crippen molar-refractivity contribution in [1.29, 1.82) is 0 Å². The van der Waals surface area contributed by atoms with Gasteiger partial charge in [0, 0.05) is 37.0 Å². The van der Waals surface area contributed by atoms with Gasteiger partial charge in [0.05, 0.1) is 19.8 Å². The summed E-state index contributed by atoms with van der Waals surface area (Å²) < 4.78 is 10.4. The number of fused-ring (bicyclic) bond motifs is 1. The molecule has 5 nitrogen and oxygen atoms in total. The van der Waals surface area contributed by atoms with Crippen LogP contribution in [0.1, 0.15) is 43.4 Å². The molecule has 0 radical (unpaired) electrons. The van der Waals surface area contributed by atoms with E-state index in [4.69, 9.17) is 15.2 Å². The predicted octanol–water partition coefficient (Wildman–Crippen LogP) is 1.65. The largest absolute Gasteiger partial charge is 0.382 e. The Labute approximate surface area is 120 Å². The van der Waals surface area contributed by atoms with E-state index in [1.807, 2.05) is 6.20 Å². The molecular formula is C15H25N3O2. The van der Waals surface area contributed by atoms with Crippen LogP contribution >= 0.6 is 0 Å². The van der Waals surface area contributed by atoms with Gasteiger partial charge in [0.2, 0.25) is 0 Å². The van der Waals surface area contributed by atoms with Crippen molar-refractivity contribution >= 4 is 0 Å². The molecule has 1 unspecified atom stereocenters. The normalized spacial score (nSPS) is 20.7. The summed E-state index contributed by atoms with van der Waals surface area (Å²) in [6.07, 6.45) is 4.58. The van der Waals surface area contributed by atoms with Gasteiger partial charge in [-0.3, -0.25) is 0 Å². The standard InChI is InChI=1S/C15H25N3O2/c1-15(2)8-12(16)11-10-17-14(18-13(11)9-15)4-5-20-7-6-19-3/h10,12H,4-9,16H2,1-3H3. The van der Waals surface area contributed by atoms with Gasteiger partial charge < -0.3 is 15.2 Å². The van der Waals surface area contributed by atoms with Gasteiger partial charge in [-0.05, 0) is 18.3 Å². The molecule has 5 heteroatoms. The number of ether oxygens (including phenoxy) is 2. The van der Waals surface area contributed by atoms with Gasteiger partial charge in [-0.25, -0.2) is 9.97 Å². The zero-order valence-electron chi connectivity index (χ0n) is 12.7. The van der Waals surface area contributed by atoms with Crippen LogP contribution in [-0.2, 0) is 22.3 Å². The quantitative estimate of drug-likeness (QED) is 0.802. The van der Waals surface area contributed by atoms with Gasteiger partial charge in [0.15, 0.2) is 0 Å². The van der Waals surface area contributed by atoms with Crippen molar-refractivity contribution in [3.63, 3.8) is 0 Å². The highest BCUT2D eigenvalue weighted by atomic mass is 16.5. The first-order chi connectivity index (χ1) is 9.52. The molecule has 1 aliphatic rings. The van der Waals surface area contributed by atoms with Gasteiger partial charge in [0.25, 0.3) is 0 Å². The summed E-state index contributed by atoms with van der Waals surface area (Å²) in [4.78, 5) is 9.08. The predicted molar refractivity (Wildman–Crippen MR) is 77.5 cm³/mol. The number of hydrogen-bond donors (Lipinski definition) is 1. The molecule has 1 aromatic heterocycles. The van der Waals surface area contributed by atoms with Crippen molar-refractivity contribution in [2.75, 3.05) is 26.9 Å². The molecule has 0 spiro atoms. The smallest absolute Gasteiger partial charge is 0.130 e. The van der Waals surface area contributed by atoms with Crippen molar-refractivity contribution in [3.05, 3.63) is 23.3 Å². The first-order valence-electron chi connectivity index (χ1n) is 7.19. The lowest BCUT2D eigenvalue weighted by Crippen LogP contribution is -2.31. The number of rotatable bonds is 6. The molecule has 0 fully saturated rings. The Balaban J connectivity index is 1.97. The van der Waals surface area contributed by atoms with E-state index >= 15 is 0 Å². The minimum atomic E-state index is 0.0563. The van der Waals surface area contributed by atoms with Crippen LogP contribution in [0.25, 0.3) is 0 Å². The number of nitrogens with two attached hydrogens (primary N) is 1. The van der Waals surface area contributed by atoms with Gasteiger partial charge in [-0.2, -0.15) is 0 Å². The number of aromatic nitrogens is 2. The van der Waals surface area contributed by atoms with Gasteiger partial charge in [-0.1, -0.05) is 13.8 Å². The lowest BCUT2D eigenvalue weighted by atomic mass is 9.74. The lowest BCUT2D eigenvalue weighted by molar-refractivity contribution is 0.0716. The molecule has 0 saturated carbocycles. The Morgan fingerprint density at radius 1 is 1.35 bits per heavy atom. The molecule has 1 heterocycles. The summed E-state index contributed by atoms with van der Waals surface area (Å²) in [5, 5.41) is 0. The number of methoxy groups -OCH3 is 1. The average Bonchev–Trinajstić information content (AvgIpc) is 2.36. The second-order valence-electron chi connectivity index (χ2n) is 6.20. The van der Waals surface area contributed by atoms with Crippen molar-refractivity contribution in [3.8, 4) is 0 Å². The second kappa shape index (κ2) is 6.61. The first kappa shape index (κ1) is 15.4. The zero-order valence-corrected chi connectivity index (χ0v) is 12.7. The highest BCUT2D eigenvalue weighted by Crippen LogP contribution is 2.38. The summed E-state index contributed by atoms with van der Waals surface area (Å²) in [5.41, 5.74) is 8.64. The highest BCUT2D eigenvalue weighted by molar-refractivity contribution is 5.26. The lowest BCUT2D eigenvalue weighted by Gasteiger charge is -2.34. The van der Waals surface area contributed by atoms with E-state index in [2.05, 4.69) is 23.8 Å². The van der Waals surface area contributed by atoms with Crippen LogP contribution in [0.15, 0.2) is 6.20 Å². The van der Waals surface area contributed by atoms with Crippen LogP contribution in [-0.4, -0.2) is 36.9 Å². The fourth-order valence-electron chi connectivity index (χ4n) is 2.68. The van der Waals surface area contributed by atoms with Gasteiger partial charge >= 0.3 is 0 Å². The summed E-state index contributed by atoms with van der Waals surface area (Å²) >= 11 is 0. The maximum absolute atomic E-state index is 6.21. The molecule has 0 amide bonds. The third-order valence-corrected chi connectivity index (χ3v) is 3.67. The van der Waals surface area contributed by atoms with Gasteiger partial charge in [-0.15, -0.1) is 0 Å². The molecule has 0 aromatic carbocycles. The van der Waals surface area contributed by atoms with E-state index in [9.17, 15) is 0 Å². The first-order valence-corrected chi connectivity index (χ1v) is 7.19. The van der Waals surface area contributed by atoms with Crippen LogP contribution in [0.4, 0.5) is 0 Å². The van der Waals surface area contributed by atoms with E-state index in [0.717, 1.165) is 36.3 Å². The maximum Gasteiger partial charge on any atom is 0.130 e. The number of hydrogen-bond acceptors (Lipinski definition) is 5. The van der Waals surface area contributed by atoms with Gasteiger partial charge in [0.1, 0.15) is 5.82 Å². The monoisotopic (exact) mass is 279 g/mol. The summed E-state index contributed by atoms with van der Waals surface area (Å²) in [5.74, 6) is 0.839. The van der Waals surface area contributed by atoms with E-state index in [1.54, 1.807) is 7.11 Å². The van der Waals surface area contributed by atoms with E-state index in [-0.39, 0.29) is 11.5 Å². The van der Waals surface area contributed by atoms with Crippen LogP contribution in [0, 0.1) is 5.41 Å². The second-order valence-corrected chi connectivity index (χ2v) is 6.20. The third kappa shape index (κ3) is 3.98. The minimum Gasteiger partial charge on any atom is -0.382 e. The molecule has 2 rings (SSSR count). The summed E-state index contributed by atoms with van der Waals surface area (Å²) in [6.45, 7) is 6.34. The molecule has 0 saturated heterocycles. The van der Waals surface area contributed by atoms with Crippen LogP contribution in [0.5, 0.6) is 0 Å². The average molecular weight is 279 g/mol. The summed E-state index contributed by atoms with van der Waals surface area (Å²) in [6, 6.07) is 0.0563. The molecule has 2 N–H and O–H groups in total. The topological polar surface area (TPSA) is 70.3 Å². The zero-order chi connectivity index (χ0) is 14.6. The Hall–Kier alpha value is -1.04. The fourth-order valence-corrected chi connectivity index (χ4v) is 2.68. The van der Waals surface area contributed by atoms with Crippen LogP contribution in [0.3, 0.4) is 0 Å². The SMILES string of the molecule is COCCOCCc1ncc2c(n1)CC(C)(C)CC2N. The fraction of sp³-hybridized carbons (Fsp3) is 0.733. The van der Waals surface area contributed by atoms with Crippen LogP contribution in [0.2, 0.25) is 0 Å². The van der Waals surface area contributed by atoms with E-state index in [0.29, 0.717) is 19.8 Å². The number of nitrogens with zero attached hydrogens (tertiary/aromatic N) is 2. The van der Waals surface area contributed by atoms with Crippen LogP contribution < -0.4 is 5.73 Å². The minimum absolute atomic E-state index is 0.0563. The molecule has 0 aliphatic heterocycles. The third-order valence-electron chi connectivity index (χ3n) is 3.67. The molecule has 1 atom stereocenters. The molecule has 1 aliphatic carbocycles. The molecular weight excluding hydrogens is 254 g/mol. The Morgan fingerprint density at radius 3 is 2.90 bits per heavy atom. The Bertz CT molecular complexity index is 449.